The van der Waals surface area contributed by atoms with Crippen LogP contribution >= 0.6 is 0 Å². The molecule has 0 aliphatic heterocycles. The normalized spacial score (nSPS) is 10.7. The molecule has 4 aromatic carbocycles. The molecule has 0 spiro atoms. The van der Waals surface area contributed by atoms with E-state index in [-0.39, 0.29) is 24.8 Å². The molecule has 4 heteroatoms. The molecule has 28 heavy (non-hydrogen) atoms. The van der Waals surface area contributed by atoms with Gasteiger partial charge < -0.3 is 10.6 Å². The lowest BCUT2D eigenvalue weighted by Crippen LogP contribution is -2.33. The molecule has 138 valence electrons. The summed E-state index contributed by atoms with van der Waals surface area (Å²) in [6.45, 7) is -0.0591. The van der Waals surface area contributed by atoms with Crippen molar-refractivity contribution in [2.75, 3.05) is 11.9 Å². The minimum absolute atomic E-state index is 0.0591. The maximum absolute atomic E-state index is 12.3. The van der Waals surface area contributed by atoms with Gasteiger partial charge in [-0.3, -0.25) is 9.59 Å². The Labute approximate surface area is 163 Å². The molecule has 0 bridgehead atoms. The van der Waals surface area contributed by atoms with Crippen LogP contribution in [0.3, 0.4) is 0 Å². The van der Waals surface area contributed by atoms with Crippen molar-refractivity contribution < 1.29 is 9.59 Å². The average Bonchev–Trinajstić information content (AvgIpc) is 2.72. The van der Waals surface area contributed by atoms with E-state index in [1.54, 1.807) is 0 Å². The van der Waals surface area contributed by atoms with Crippen molar-refractivity contribution in [1.82, 2.24) is 5.32 Å². The van der Waals surface area contributed by atoms with E-state index in [0.717, 1.165) is 27.1 Å². The van der Waals surface area contributed by atoms with Gasteiger partial charge >= 0.3 is 0 Å². The zero-order chi connectivity index (χ0) is 19.3. The van der Waals surface area contributed by atoms with E-state index < -0.39 is 0 Å². The van der Waals surface area contributed by atoms with Gasteiger partial charge in [-0.1, -0.05) is 72.8 Å². The van der Waals surface area contributed by atoms with Gasteiger partial charge in [0.05, 0.1) is 13.0 Å². The fourth-order valence-electron chi connectivity index (χ4n) is 3.33. The number of anilines is 1. The van der Waals surface area contributed by atoms with E-state index in [1.807, 2.05) is 84.9 Å². The summed E-state index contributed by atoms with van der Waals surface area (Å²) in [5.41, 5.74) is 1.66. The number of hydrogen-bond acceptors (Lipinski definition) is 2. The van der Waals surface area contributed by atoms with Gasteiger partial charge in [0.15, 0.2) is 0 Å². The molecule has 0 radical (unpaired) electrons. The molecule has 0 atom stereocenters. The van der Waals surface area contributed by atoms with Gasteiger partial charge in [0.2, 0.25) is 11.8 Å². The van der Waals surface area contributed by atoms with Crippen molar-refractivity contribution in [2.24, 2.45) is 0 Å². The highest BCUT2D eigenvalue weighted by Crippen LogP contribution is 2.19. The lowest BCUT2D eigenvalue weighted by atomic mass is 10.0. The van der Waals surface area contributed by atoms with Crippen LogP contribution in [-0.2, 0) is 16.0 Å². The lowest BCUT2D eigenvalue weighted by molar-refractivity contribution is -0.123. The summed E-state index contributed by atoms with van der Waals surface area (Å²) in [7, 11) is 0. The molecule has 2 N–H and O–H groups in total. The Morgan fingerprint density at radius 1 is 0.679 bits per heavy atom. The fraction of sp³-hybridized carbons (Fsp3) is 0.0833. The first-order valence-corrected chi connectivity index (χ1v) is 9.21. The highest BCUT2D eigenvalue weighted by molar-refractivity contribution is 5.97. The van der Waals surface area contributed by atoms with Gasteiger partial charge in [0, 0.05) is 5.69 Å². The Balaban J connectivity index is 1.35. The minimum Gasteiger partial charge on any atom is -0.347 e. The standard InChI is InChI=1S/C24H20N2O2/c27-23(15-20-10-5-9-18-7-3-4-11-22(18)20)25-16-24(28)26-21-13-12-17-6-1-2-8-19(17)14-21/h1-14H,15-16H2,(H,25,27)(H,26,28). The first-order chi connectivity index (χ1) is 13.7. The second kappa shape index (κ2) is 7.92. The Morgan fingerprint density at radius 3 is 2.25 bits per heavy atom. The summed E-state index contributed by atoms with van der Waals surface area (Å²) in [6, 6.07) is 27.6. The van der Waals surface area contributed by atoms with Crippen LogP contribution in [0.5, 0.6) is 0 Å². The van der Waals surface area contributed by atoms with Crippen molar-refractivity contribution in [1.29, 1.82) is 0 Å². The predicted molar refractivity (Wildman–Crippen MR) is 113 cm³/mol. The number of hydrogen-bond donors (Lipinski definition) is 2. The zero-order valence-electron chi connectivity index (χ0n) is 15.3. The van der Waals surface area contributed by atoms with E-state index in [0.29, 0.717) is 5.69 Å². The molecular formula is C24H20N2O2. The van der Waals surface area contributed by atoms with Crippen LogP contribution in [0.2, 0.25) is 0 Å². The summed E-state index contributed by atoms with van der Waals surface area (Å²) < 4.78 is 0. The molecule has 4 nitrogen and oxygen atoms in total. The van der Waals surface area contributed by atoms with E-state index in [9.17, 15) is 9.59 Å². The number of rotatable bonds is 5. The molecule has 2 amide bonds. The molecular weight excluding hydrogens is 348 g/mol. The van der Waals surface area contributed by atoms with Crippen LogP contribution < -0.4 is 10.6 Å². The first kappa shape index (κ1) is 17.7. The second-order valence-corrected chi connectivity index (χ2v) is 6.70. The third-order valence-corrected chi connectivity index (χ3v) is 4.71. The topological polar surface area (TPSA) is 58.2 Å². The Morgan fingerprint density at radius 2 is 1.39 bits per heavy atom. The fourth-order valence-corrected chi connectivity index (χ4v) is 3.33. The van der Waals surface area contributed by atoms with Crippen molar-refractivity contribution in [3.05, 3.63) is 90.5 Å². The highest BCUT2D eigenvalue weighted by Gasteiger charge is 2.09. The summed E-state index contributed by atoms with van der Waals surface area (Å²) in [5, 5.41) is 9.86. The lowest BCUT2D eigenvalue weighted by Gasteiger charge is -2.09. The van der Waals surface area contributed by atoms with Crippen LogP contribution in [0, 0.1) is 0 Å². The van der Waals surface area contributed by atoms with Gasteiger partial charge in [-0.15, -0.1) is 0 Å². The molecule has 0 heterocycles. The minimum atomic E-state index is -0.249. The van der Waals surface area contributed by atoms with E-state index in [1.165, 1.54) is 0 Å². The second-order valence-electron chi connectivity index (χ2n) is 6.70. The average molecular weight is 368 g/mol. The van der Waals surface area contributed by atoms with Gasteiger partial charge in [-0.2, -0.15) is 0 Å². The highest BCUT2D eigenvalue weighted by atomic mass is 16.2. The Hall–Kier alpha value is -3.66. The number of benzene rings is 4. The van der Waals surface area contributed by atoms with E-state index in [2.05, 4.69) is 10.6 Å². The number of carbonyl (C=O) groups excluding carboxylic acids is 2. The van der Waals surface area contributed by atoms with Crippen LogP contribution in [0.4, 0.5) is 5.69 Å². The van der Waals surface area contributed by atoms with Gasteiger partial charge in [-0.05, 0) is 39.2 Å². The molecule has 0 aromatic heterocycles. The molecule has 4 aromatic rings. The van der Waals surface area contributed by atoms with Crippen molar-refractivity contribution in [2.45, 2.75) is 6.42 Å². The summed E-state index contributed by atoms with van der Waals surface area (Å²) in [4.78, 5) is 24.5. The Kier molecular flexibility index (Phi) is 5.02. The quantitative estimate of drug-likeness (QED) is 0.552. The molecule has 0 saturated carbocycles. The number of amides is 2. The SMILES string of the molecule is O=C(Cc1cccc2ccccc12)NCC(=O)Nc1ccc2ccccc2c1. The van der Waals surface area contributed by atoms with Crippen molar-refractivity contribution in [3.63, 3.8) is 0 Å². The number of nitrogens with one attached hydrogen (secondary N) is 2. The number of fused-ring (bicyclic) bond motifs is 2. The van der Waals surface area contributed by atoms with E-state index >= 15 is 0 Å². The molecule has 0 aliphatic rings. The maximum atomic E-state index is 12.3. The monoisotopic (exact) mass is 368 g/mol. The van der Waals surface area contributed by atoms with E-state index in [4.69, 9.17) is 0 Å². The van der Waals surface area contributed by atoms with Crippen LogP contribution in [0.1, 0.15) is 5.56 Å². The number of carbonyl (C=O) groups is 2. The van der Waals surface area contributed by atoms with Crippen molar-refractivity contribution in [3.8, 4) is 0 Å². The third kappa shape index (κ3) is 4.01. The van der Waals surface area contributed by atoms with Crippen LogP contribution in [0.25, 0.3) is 21.5 Å². The maximum Gasteiger partial charge on any atom is 0.243 e. The molecule has 0 unspecified atom stereocenters. The van der Waals surface area contributed by atoms with Crippen LogP contribution in [0.15, 0.2) is 84.9 Å². The Bertz CT molecular complexity index is 1160. The third-order valence-electron chi connectivity index (χ3n) is 4.71. The molecule has 0 aliphatic carbocycles. The smallest absolute Gasteiger partial charge is 0.243 e. The van der Waals surface area contributed by atoms with Gasteiger partial charge in [-0.25, -0.2) is 0 Å². The largest absolute Gasteiger partial charge is 0.347 e. The van der Waals surface area contributed by atoms with Gasteiger partial charge in [0.25, 0.3) is 0 Å². The molecule has 0 fully saturated rings. The summed E-state index contributed by atoms with van der Waals surface area (Å²) >= 11 is 0. The predicted octanol–water partition coefficient (Wildman–Crippen LogP) is 4.29. The zero-order valence-corrected chi connectivity index (χ0v) is 15.3. The van der Waals surface area contributed by atoms with Crippen LogP contribution in [-0.4, -0.2) is 18.4 Å². The first-order valence-electron chi connectivity index (χ1n) is 9.21. The molecule has 4 rings (SSSR count). The van der Waals surface area contributed by atoms with Crippen molar-refractivity contribution >= 4 is 39.0 Å². The summed E-state index contributed by atoms with van der Waals surface area (Å²) in [6.07, 6.45) is 0.241. The molecule has 0 saturated heterocycles. The van der Waals surface area contributed by atoms with Gasteiger partial charge in [0.1, 0.15) is 0 Å². The summed E-state index contributed by atoms with van der Waals surface area (Å²) in [5.74, 6) is -0.424.